The van der Waals surface area contributed by atoms with Gasteiger partial charge in [-0.05, 0) is 49.7 Å². The zero-order valence-corrected chi connectivity index (χ0v) is 14.8. The Labute approximate surface area is 144 Å². The van der Waals surface area contributed by atoms with Gasteiger partial charge in [-0.25, -0.2) is 9.97 Å². The summed E-state index contributed by atoms with van der Waals surface area (Å²) in [6.07, 6.45) is 4.83. The Kier molecular flexibility index (Phi) is 4.05. The maximum absolute atomic E-state index is 6.28. The largest absolute Gasteiger partial charge is 0.383 e. The maximum atomic E-state index is 6.28. The molecule has 0 amide bonds. The summed E-state index contributed by atoms with van der Waals surface area (Å²) < 4.78 is 0. The Morgan fingerprint density at radius 3 is 2.91 bits per heavy atom. The van der Waals surface area contributed by atoms with Gasteiger partial charge in [-0.2, -0.15) is 0 Å². The molecule has 23 heavy (non-hydrogen) atoms. The van der Waals surface area contributed by atoms with Gasteiger partial charge in [0, 0.05) is 16.3 Å². The number of nitrogens with two attached hydrogens (primary N) is 1. The van der Waals surface area contributed by atoms with Crippen LogP contribution in [-0.2, 0) is 25.9 Å². The summed E-state index contributed by atoms with van der Waals surface area (Å²) in [7, 11) is 2.10. The molecule has 0 spiro atoms. The maximum Gasteiger partial charge on any atom is 0.146 e. The Morgan fingerprint density at radius 1 is 1.22 bits per heavy atom. The first-order chi connectivity index (χ1) is 11.2. The van der Waals surface area contributed by atoms with Crippen LogP contribution in [0.1, 0.15) is 34.0 Å². The highest BCUT2D eigenvalue weighted by Gasteiger charge is 2.20. The molecule has 120 valence electrons. The van der Waals surface area contributed by atoms with Crippen molar-refractivity contribution in [2.75, 3.05) is 12.8 Å². The number of nitrogen functional groups attached to an aromatic ring is 1. The molecule has 0 aromatic carbocycles. The first kappa shape index (κ1) is 15.1. The molecule has 3 heterocycles. The summed E-state index contributed by atoms with van der Waals surface area (Å²) in [5, 5.41) is 3.23. The number of hydrogen-bond acceptors (Lipinski definition) is 6. The second-order valence-corrected chi connectivity index (χ2v) is 8.28. The number of hydrogen-bond donors (Lipinski definition) is 1. The fourth-order valence-electron chi connectivity index (χ4n) is 3.27. The molecule has 4 rings (SSSR count). The van der Waals surface area contributed by atoms with E-state index in [1.807, 2.05) is 11.3 Å². The van der Waals surface area contributed by atoms with E-state index in [0.717, 1.165) is 35.6 Å². The average Bonchev–Trinajstić information content (AvgIpc) is 3.13. The van der Waals surface area contributed by atoms with Crippen LogP contribution in [0, 0.1) is 0 Å². The predicted octanol–water partition coefficient (Wildman–Crippen LogP) is 3.85. The molecule has 1 aliphatic carbocycles. The van der Waals surface area contributed by atoms with Crippen LogP contribution in [0.15, 0.2) is 17.5 Å². The molecule has 0 radical (unpaired) electrons. The van der Waals surface area contributed by atoms with Gasteiger partial charge < -0.3 is 5.73 Å². The lowest BCUT2D eigenvalue weighted by Crippen LogP contribution is -2.18. The van der Waals surface area contributed by atoms with Crippen molar-refractivity contribution in [3.63, 3.8) is 0 Å². The Bertz CT molecular complexity index is 823. The summed E-state index contributed by atoms with van der Waals surface area (Å²) in [6, 6.07) is 4.25. The van der Waals surface area contributed by atoms with Crippen molar-refractivity contribution in [1.82, 2.24) is 14.9 Å². The third-order valence-electron chi connectivity index (χ3n) is 4.31. The molecule has 0 unspecified atom stereocenters. The average molecular weight is 345 g/mol. The van der Waals surface area contributed by atoms with Crippen molar-refractivity contribution in [3.8, 4) is 0 Å². The molecule has 0 atom stereocenters. The van der Waals surface area contributed by atoms with E-state index in [1.165, 1.54) is 34.6 Å². The molecule has 3 aromatic heterocycles. The molecule has 6 heteroatoms. The van der Waals surface area contributed by atoms with Gasteiger partial charge in [-0.15, -0.1) is 22.7 Å². The van der Waals surface area contributed by atoms with Crippen molar-refractivity contribution in [1.29, 1.82) is 0 Å². The van der Waals surface area contributed by atoms with E-state index in [9.17, 15) is 0 Å². The van der Waals surface area contributed by atoms with Crippen molar-refractivity contribution in [2.45, 2.75) is 38.8 Å². The van der Waals surface area contributed by atoms with Crippen LogP contribution in [0.2, 0.25) is 0 Å². The predicted molar refractivity (Wildman–Crippen MR) is 98.0 cm³/mol. The van der Waals surface area contributed by atoms with E-state index in [2.05, 4.69) is 34.4 Å². The smallest absolute Gasteiger partial charge is 0.146 e. The minimum atomic E-state index is 0.661. The second-order valence-electron chi connectivity index (χ2n) is 6.17. The van der Waals surface area contributed by atoms with Crippen molar-refractivity contribution >= 4 is 38.7 Å². The topological polar surface area (TPSA) is 55.0 Å². The first-order valence-corrected chi connectivity index (χ1v) is 9.68. The van der Waals surface area contributed by atoms with Gasteiger partial charge in [0.05, 0.1) is 11.9 Å². The Balaban J connectivity index is 1.61. The van der Waals surface area contributed by atoms with Gasteiger partial charge in [0.25, 0.3) is 0 Å². The highest BCUT2D eigenvalue weighted by molar-refractivity contribution is 7.19. The molecule has 2 N–H and O–H groups in total. The number of aromatic nitrogens is 2. The number of rotatable bonds is 4. The molecule has 0 bridgehead atoms. The zero-order valence-electron chi connectivity index (χ0n) is 13.2. The van der Waals surface area contributed by atoms with Gasteiger partial charge in [0.2, 0.25) is 0 Å². The first-order valence-electron chi connectivity index (χ1n) is 7.98. The monoisotopic (exact) mass is 344 g/mol. The fourth-order valence-corrected chi connectivity index (χ4v) is 5.34. The summed E-state index contributed by atoms with van der Waals surface area (Å²) in [5.41, 5.74) is 7.69. The number of fused-ring (bicyclic) bond motifs is 3. The van der Waals surface area contributed by atoms with E-state index >= 15 is 0 Å². The van der Waals surface area contributed by atoms with E-state index in [0.29, 0.717) is 5.82 Å². The molecule has 0 aliphatic heterocycles. The molecule has 3 aromatic rings. The summed E-state index contributed by atoms with van der Waals surface area (Å²) in [4.78, 5) is 15.5. The lowest BCUT2D eigenvalue weighted by molar-refractivity contribution is 0.314. The molecule has 4 nitrogen and oxygen atoms in total. The molecular weight excluding hydrogens is 324 g/mol. The van der Waals surface area contributed by atoms with E-state index in [-0.39, 0.29) is 0 Å². The summed E-state index contributed by atoms with van der Waals surface area (Å²) in [6.45, 7) is 1.64. The van der Waals surface area contributed by atoms with Gasteiger partial charge in [0.1, 0.15) is 16.5 Å². The van der Waals surface area contributed by atoms with Crippen LogP contribution in [0.5, 0.6) is 0 Å². The Hall–Kier alpha value is -1.50. The Morgan fingerprint density at radius 2 is 2.09 bits per heavy atom. The van der Waals surface area contributed by atoms with Crippen LogP contribution in [0.3, 0.4) is 0 Å². The SMILES string of the molecule is CN(Cc1nc(N)c2c3c(sc2n1)CCCC3)Cc1cccs1. The molecule has 1 aliphatic rings. The van der Waals surface area contributed by atoms with Crippen LogP contribution in [0.4, 0.5) is 5.82 Å². The quantitative estimate of drug-likeness (QED) is 0.781. The van der Waals surface area contributed by atoms with Crippen LogP contribution >= 0.6 is 22.7 Å². The number of anilines is 1. The van der Waals surface area contributed by atoms with E-state index in [1.54, 1.807) is 11.3 Å². The fraction of sp³-hybridized carbons (Fsp3) is 0.412. The van der Waals surface area contributed by atoms with Crippen molar-refractivity contribution in [2.24, 2.45) is 0 Å². The van der Waals surface area contributed by atoms with E-state index in [4.69, 9.17) is 10.7 Å². The van der Waals surface area contributed by atoms with Gasteiger partial charge in [-0.3, -0.25) is 4.90 Å². The second kappa shape index (κ2) is 6.19. The number of aryl methyl sites for hydroxylation is 2. The number of thiophene rings is 2. The van der Waals surface area contributed by atoms with Crippen LogP contribution in [0.25, 0.3) is 10.2 Å². The van der Waals surface area contributed by atoms with Crippen LogP contribution < -0.4 is 5.73 Å². The molecule has 0 saturated heterocycles. The number of nitrogens with zero attached hydrogens (tertiary/aromatic N) is 3. The summed E-state index contributed by atoms with van der Waals surface area (Å²) >= 11 is 3.59. The normalized spacial score (nSPS) is 14.5. The third kappa shape index (κ3) is 2.98. The standard InChI is InChI=1S/C17H20N4S2/c1-21(9-11-5-4-8-22-11)10-14-19-16(18)15-12-6-2-3-7-13(12)23-17(15)20-14/h4-5,8H,2-3,6-7,9-10H2,1H3,(H2,18,19,20). The third-order valence-corrected chi connectivity index (χ3v) is 6.35. The zero-order chi connectivity index (χ0) is 15.8. The summed E-state index contributed by atoms with van der Waals surface area (Å²) in [5.74, 6) is 1.49. The highest BCUT2D eigenvalue weighted by Crippen LogP contribution is 2.37. The van der Waals surface area contributed by atoms with Gasteiger partial charge in [-0.1, -0.05) is 6.07 Å². The highest BCUT2D eigenvalue weighted by atomic mass is 32.1. The van der Waals surface area contributed by atoms with Crippen molar-refractivity contribution in [3.05, 3.63) is 38.7 Å². The minimum Gasteiger partial charge on any atom is -0.383 e. The van der Waals surface area contributed by atoms with Gasteiger partial charge in [0.15, 0.2) is 0 Å². The lowest BCUT2D eigenvalue weighted by Gasteiger charge is -2.15. The van der Waals surface area contributed by atoms with E-state index < -0.39 is 0 Å². The van der Waals surface area contributed by atoms with Gasteiger partial charge >= 0.3 is 0 Å². The molecule has 0 saturated carbocycles. The minimum absolute atomic E-state index is 0.661. The molecule has 0 fully saturated rings. The lowest BCUT2D eigenvalue weighted by atomic mass is 9.97. The van der Waals surface area contributed by atoms with Crippen LogP contribution in [-0.4, -0.2) is 21.9 Å². The van der Waals surface area contributed by atoms with Crippen molar-refractivity contribution < 1.29 is 0 Å². The molecular formula is C17H20N4S2.